The first-order valence-electron chi connectivity index (χ1n) is 6.06. The first-order valence-corrected chi connectivity index (χ1v) is 6.06. The van der Waals surface area contributed by atoms with Gasteiger partial charge < -0.3 is 4.74 Å². The fraction of sp³-hybridized carbons (Fsp3) is 0.500. The summed E-state index contributed by atoms with van der Waals surface area (Å²) >= 11 is 0. The van der Waals surface area contributed by atoms with Crippen LogP contribution in [0.1, 0.15) is 39.4 Å². The van der Waals surface area contributed by atoms with E-state index in [9.17, 15) is 9.18 Å². The van der Waals surface area contributed by atoms with Crippen molar-refractivity contribution in [1.82, 2.24) is 4.90 Å². The molecule has 1 saturated heterocycles. The topological polar surface area (TPSA) is 29.5 Å². The molecule has 0 N–H and O–H groups in total. The van der Waals surface area contributed by atoms with Gasteiger partial charge in [0.25, 0.3) is 0 Å². The Bertz CT molecular complexity index is 450. The van der Waals surface area contributed by atoms with Crippen molar-refractivity contribution in [3.63, 3.8) is 0 Å². The van der Waals surface area contributed by atoms with Gasteiger partial charge in [-0.3, -0.25) is 4.90 Å². The van der Waals surface area contributed by atoms with Gasteiger partial charge in [0.1, 0.15) is 11.9 Å². The Balaban J connectivity index is 2.28. The fourth-order valence-electron chi connectivity index (χ4n) is 2.45. The lowest BCUT2D eigenvalue weighted by Gasteiger charge is -2.33. The van der Waals surface area contributed by atoms with E-state index in [0.717, 1.165) is 5.56 Å². The average molecular weight is 251 g/mol. The molecule has 1 aliphatic rings. The van der Waals surface area contributed by atoms with Gasteiger partial charge in [0, 0.05) is 5.54 Å². The summed E-state index contributed by atoms with van der Waals surface area (Å²) < 4.78 is 18.3. The van der Waals surface area contributed by atoms with Crippen molar-refractivity contribution in [3.05, 3.63) is 35.6 Å². The number of cyclic esters (lactones) is 1. The van der Waals surface area contributed by atoms with Gasteiger partial charge in [0.2, 0.25) is 0 Å². The number of hydrogen-bond donors (Lipinski definition) is 0. The normalized spacial score (nSPS) is 24.3. The van der Waals surface area contributed by atoms with E-state index in [4.69, 9.17) is 4.74 Å². The minimum Gasteiger partial charge on any atom is -0.439 e. The van der Waals surface area contributed by atoms with Gasteiger partial charge in [-0.1, -0.05) is 12.1 Å². The molecular formula is C14H18FNO2. The second kappa shape index (κ2) is 4.26. The molecule has 0 aromatic heterocycles. The summed E-state index contributed by atoms with van der Waals surface area (Å²) in [7, 11) is 0. The van der Waals surface area contributed by atoms with Gasteiger partial charge >= 0.3 is 6.09 Å². The number of amides is 1. The van der Waals surface area contributed by atoms with Crippen molar-refractivity contribution in [2.24, 2.45) is 0 Å². The number of halogens is 1. The third kappa shape index (κ3) is 2.19. The zero-order valence-electron chi connectivity index (χ0n) is 11.1. The number of hydrogen-bond acceptors (Lipinski definition) is 2. The molecule has 2 rings (SSSR count). The maximum atomic E-state index is 12.9. The molecule has 1 aromatic rings. The molecule has 1 aliphatic heterocycles. The van der Waals surface area contributed by atoms with Crippen LogP contribution in [-0.2, 0) is 4.74 Å². The van der Waals surface area contributed by atoms with E-state index in [1.54, 1.807) is 17.0 Å². The van der Waals surface area contributed by atoms with Crippen LogP contribution in [-0.4, -0.2) is 22.6 Å². The summed E-state index contributed by atoms with van der Waals surface area (Å²) in [5.41, 5.74) is 0.537. The van der Waals surface area contributed by atoms with Crippen LogP contribution in [0.5, 0.6) is 0 Å². The molecule has 0 aliphatic carbocycles. The minimum absolute atomic E-state index is 0.0667. The van der Waals surface area contributed by atoms with Gasteiger partial charge in [-0.05, 0) is 45.4 Å². The maximum Gasteiger partial charge on any atom is 0.411 e. The summed E-state index contributed by atoms with van der Waals surface area (Å²) in [4.78, 5) is 13.6. The Morgan fingerprint density at radius 1 is 1.22 bits per heavy atom. The second-order valence-corrected chi connectivity index (χ2v) is 5.64. The summed E-state index contributed by atoms with van der Waals surface area (Å²) in [6, 6.07) is 6.03. The Morgan fingerprint density at radius 3 is 2.22 bits per heavy atom. The minimum atomic E-state index is -0.336. The molecule has 98 valence electrons. The molecule has 4 heteroatoms. The molecule has 0 radical (unpaired) electrons. The van der Waals surface area contributed by atoms with E-state index in [1.165, 1.54) is 12.1 Å². The van der Waals surface area contributed by atoms with Gasteiger partial charge in [-0.25, -0.2) is 9.18 Å². The lowest BCUT2D eigenvalue weighted by Crippen LogP contribution is -2.46. The van der Waals surface area contributed by atoms with Crippen LogP contribution in [0.4, 0.5) is 9.18 Å². The number of rotatable bonds is 1. The van der Waals surface area contributed by atoms with Crippen LogP contribution in [0.15, 0.2) is 24.3 Å². The van der Waals surface area contributed by atoms with Crippen LogP contribution < -0.4 is 0 Å². The Morgan fingerprint density at radius 2 is 1.78 bits per heavy atom. The molecular weight excluding hydrogens is 233 g/mol. The van der Waals surface area contributed by atoms with Crippen molar-refractivity contribution < 1.29 is 13.9 Å². The van der Waals surface area contributed by atoms with Gasteiger partial charge in [-0.15, -0.1) is 0 Å². The van der Waals surface area contributed by atoms with E-state index < -0.39 is 0 Å². The van der Waals surface area contributed by atoms with Gasteiger partial charge in [0.15, 0.2) is 0 Å². The molecule has 0 spiro atoms. The van der Waals surface area contributed by atoms with Crippen molar-refractivity contribution >= 4 is 6.09 Å². The number of carbonyl (C=O) groups is 1. The Kier molecular flexibility index (Phi) is 3.05. The van der Waals surface area contributed by atoms with E-state index >= 15 is 0 Å². The lowest BCUT2D eigenvalue weighted by molar-refractivity contribution is 0.119. The highest BCUT2D eigenvalue weighted by atomic mass is 19.1. The number of benzene rings is 1. The number of carbonyl (C=O) groups excluding carboxylic acids is 1. The van der Waals surface area contributed by atoms with Crippen LogP contribution in [0.25, 0.3) is 0 Å². The third-order valence-electron chi connectivity index (χ3n) is 3.19. The van der Waals surface area contributed by atoms with Crippen LogP contribution >= 0.6 is 0 Å². The van der Waals surface area contributed by atoms with Crippen molar-refractivity contribution in [2.75, 3.05) is 0 Å². The third-order valence-corrected chi connectivity index (χ3v) is 3.19. The Labute approximate surface area is 107 Å². The van der Waals surface area contributed by atoms with Crippen molar-refractivity contribution in [1.29, 1.82) is 0 Å². The zero-order valence-corrected chi connectivity index (χ0v) is 11.1. The molecule has 1 aromatic carbocycles. The lowest BCUT2D eigenvalue weighted by atomic mass is 9.99. The predicted molar refractivity (Wildman–Crippen MR) is 66.7 cm³/mol. The SMILES string of the molecule is C[C@@H]1[C@@H](c2ccc(F)cc2)OC(=O)N1C(C)(C)C. The standard InChI is InChI=1S/C14H18FNO2/c1-9-12(10-5-7-11(15)8-6-10)18-13(17)16(9)14(2,3)4/h5-9,12H,1-4H3/t9-,12+/m1/s1. The number of ether oxygens (including phenoxy) is 1. The highest BCUT2D eigenvalue weighted by molar-refractivity contribution is 5.72. The molecule has 1 amide bonds. The molecule has 0 saturated carbocycles. The fourth-order valence-corrected chi connectivity index (χ4v) is 2.45. The molecule has 1 fully saturated rings. The average Bonchev–Trinajstić information content (AvgIpc) is 2.54. The van der Waals surface area contributed by atoms with Crippen LogP contribution in [0, 0.1) is 5.82 Å². The molecule has 3 nitrogen and oxygen atoms in total. The van der Waals surface area contributed by atoms with E-state index in [-0.39, 0.29) is 29.6 Å². The monoisotopic (exact) mass is 251 g/mol. The summed E-state index contributed by atoms with van der Waals surface area (Å²) in [5, 5.41) is 0. The number of nitrogens with zero attached hydrogens (tertiary/aromatic N) is 1. The predicted octanol–water partition coefficient (Wildman–Crippen LogP) is 3.51. The molecule has 18 heavy (non-hydrogen) atoms. The molecule has 2 atom stereocenters. The van der Waals surface area contributed by atoms with Crippen LogP contribution in [0.2, 0.25) is 0 Å². The second-order valence-electron chi connectivity index (χ2n) is 5.64. The van der Waals surface area contributed by atoms with Gasteiger partial charge in [-0.2, -0.15) is 0 Å². The summed E-state index contributed by atoms with van der Waals surface area (Å²) in [6.07, 6.45) is -0.651. The first-order chi connectivity index (χ1) is 8.30. The highest BCUT2D eigenvalue weighted by Gasteiger charge is 2.44. The smallest absolute Gasteiger partial charge is 0.411 e. The summed E-state index contributed by atoms with van der Waals surface area (Å²) in [6.45, 7) is 7.86. The van der Waals surface area contributed by atoms with E-state index in [1.807, 2.05) is 27.7 Å². The Hall–Kier alpha value is -1.58. The van der Waals surface area contributed by atoms with Crippen molar-refractivity contribution in [3.8, 4) is 0 Å². The molecule has 1 heterocycles. The van der Waals surface area contributed by atoms with Gasteiger partial charge in [0.05, 0.1) is 6.04 Å². The zero-order chi connectivity index (χ0) is 13.5. The van der Waals surface area contributed by atoms with E-state index in [2.05, 4.69) is 0 Å². The molecule has 0 bridgehead atoms. The van der Waals surface area contributed by atoms with Crippen molar-refractivity contribution in [2.45, 2.75) is 45.4 Å². The highest BCUT2D eigenvalue weighted by Crippen LogP contribution is 2.36. The maximum absolute atomic E-state index is 12.9. The largest absolute Gasteiger partial charge is 0.439 e. The van der Waals surface area contributed by atoms with Crippen LogP contribution in [0.3, 0.4) is 0 Å². The first kappa shape index (κ1) is 12.9. The summed E-state index contributed by atoms with van der Waals surface area (Å²) in [5.74, 6) is -0.289. The molecule has 0 unspecified atom stereocenters. The quantitative estimate of drug-likeness (QED) is 0.764. The van der Waals surface area contributed by atoms with E-state index in [0.29, 0.717) is 0 Å².